The Kier molecular flexibility index (Phi) is 3.78. The molecule has 0 bridgehead atoms. The van der Waals surface area contributed by atoms with Gasteiger partial charge in [-0.15, -0.1) is 0 Å². The molecule has 108 valence electrons. The first kappa shape index (κ1) is 13.2. The number of amides is 1. The third-order valence-corrected chi connectivity index (χ3v) is 4.19. The standard InChI is InChI=1S/C15H20N2O3/c1-19-14-5-3-2-4-12(14)9-17-13(10-20-15(17)18)11-6-7-16-8-11/h2-5,11,13,16H,6-10H2,1H3. The largest absolute Gasteiger partial charge is 0.496 e. The van der Waals surface area contributed by atoms with Crippen LogP contribution in [0.4, 0.5) is 4.79 Å². The molecule has 20 heavy (non-hydrogen) atoms. The minimum absolute atomic E-state index is 0.169. The van der Waals surface area contributed by atoms with E-state index in [1.165, 1.54) is 0 Å². The number of carbonyl (C=O) groups is 1. The lowest BCUT2D eigenvalue weighted by Gasteiger charge is -2.26. The summed E-state index contributed by atoms with van der Waals surface area (Å²) in [6, 6.07) is 7.98. The van der Waals surface area contributed by atoms with E-state index in [2.05, 4.69) is 5.32 Å². The summed E-state index contributed by atoms with van der Waals surface area (Å²) in [4.78, 5) is 13.8. The van der Waals surface area contributed by atoms with Crippen LogP contribution >= 0.6 is 0 Å². The molecular formula is C15H20N2O3. The molecule has 2 heterocycles. The minimum atomic E-state index is -0.215. The summed E-state index contributed by atoms with van der Waals surface area (Å²) in [6.07, 6.45) is 0.886. The lowest BCUT2D eigenvalue weighted by Crippen LogP contribution is -2.39. The molecule has 2 atom stereocenters. The summed E-state index contributed by atoms with van der Waals surface area (Å²) in [5.41, 5.74) is 1.02. The van der Waals surface area contributed by atoms with Crippen LogP contribution < -0.4 is 10.1 Å². The summed E-state index contributed by atoms with van der Waals surface area (Å²) in [7, 11) is 1.65. The number of para-hydroxylation sites is 1. The van der Waals surface area contributed by atoms with Crippen LogP contribution in [0.3, 0.4) is 0 Å². The second-order valence-electron chi connectivity index (χ2n) is 5.34. The Morgan fingerprint density at radius 2 is 2.30 bits per heavy atom. The Labute approximate surface area is 118 Å². The van der Waals surface area contributed by atoms with Crippen molar-refractivity contribution in [3.05, 3.63) is 29.8 Å². The van der Waals surface area contributed by atoms with Crippen molar-refractivity contribution in [1.29, 1.82) is 0 Å². The highest BCUT2D eigenvalue weighted by atomic mass is 16.6. The van der Waals surface area contributed by atoms with Gasteiger partial charge >= 0.3 is 6.09 Å². The third-order valence-electron chi connectivity index (χ3n) is 4.19. The number of hydrogen-bond acceptors (Lipinski definition) is 4. The Morgan fingerprint density at radius 1 is 1.45 bits per heavy atom. The zero-order chi connectivity index (χ0) is 13.9. The molecule has 0 aromatic heterocycles. The van der Waals surface area contributed by atoms with Crippen molar-refractivity contribution in [3.63, 3.8) is 0 Å². The molecule has 0 aliphatic carbocycles. The summed E-state index contributed by atoms with van der Waals surface area (Å²) in [5, 5.41) is 3.35. The molecule has 5 nitrogen and oxygen atoms in total. The van der Waals surface area contributed by atoms with Gasteiger partial charge in [0, 0.05) is 12.1 Å². The fourth-order valence-corrected chi connectivity index (χ4v) is 3.06. The monoisotopic (exact) mass is 276 g/mol. The zero-order valence-electron chi connectivity index (χ0n) is 11.7. The number of carbonyl (C=O) groups excluding carboxylic acids is 1. The smallest absolute Gasteiger partial charge is 0.410 e. The van der Waals surface area contributed by atoms with E-state index in [-0.39, 0.29) is 12.1 Å². The van der Waals surface area contributed by atoms with Crippen LogP contribution in [-0.4, -0.2) is 43.8 Å². The second kappa shape index (κ2) is 5.71. The first-order valence-corrected chi connectivity index (χ1v) is 7.05. The molecular weight excluding hydrogens is 256 g/mol. The van der Waals surface area contributed by atoms with Crippen molar-refractivity contribution in [1.82, 2.24) is 10.2 Å². The molecule has 0 radical (unpaired) electrons. The summed E-state index contributed by atoms with van der Waals surface area (Å²) in [6.45, 7) is 3.03. The average Bonchev–Trinajstić information content (AvgIpc) is 3.10. The number of nitrogens with one attached hydrogen (secondary N) is 1. The van der Waals surface area contributed by atoms with Gasteiger partial charge in [-0.3, -0.25) is 4.90 Å². The Bertz CT molecular complexity index is 486. The maximum absolute atomic E-state index is 12.0. The van der Waals surface area contributed by atoms with Crippen molar-refractivity contribution < 1.29 is 14.3 Å². The molecule has 0 saturated carbocycles. The normalized spacial score (nSPS) is 25.9. The SMILES string of the molecule is COc1ccccc1CN1C(=O)OCC1C1CCNC1. The number of ether oxygens (including phenoxy) is 2. The summed E-state index contributed by atoms with van der Waals surface area (Å²) >= 11 is 0. The number of methoxy groups -OCH3 is 1. The predicted octanol–water partition coefficient (Wildman–Crippen LogP) is 1.63. The summed E-state index contributed by atoms with van der Waals surface area (Å²) in [5.74, 6) is 1.30. The molecule has 1 amide bonds. The molecule has 3 rings (SSSR count). The van der Waals surface area contributed by atoms with Gasteiger partial charge in [-0.1, -0.05) is 18.2 Å². The van der Waals surface area contributed by atoms with Crippen LogP contribution in [0.1, 0.15) is 12.0 Å². The van der Waals surface area contributed by atoms with Gasteiger partial charge in [0.2, 0.25) is 0 Å². The molecule has 1 N–H and O–H groups in total. The van der Waals surface area contributed by atoms with Crippen LogP contribution in [0.5, 0.6) is 5.75 Å². The van der Waals surface area contributed by atoms with Gasteiger partial charge in [-0.05, 0) is 24.9 Å². The molecule has 1 aromatic rings. The van der Waals surface area contributed by atoms with Gasteiger partial charge in [-0.25, -0.2) is 4.79 Å². The third kappa shape index (κ3) is 2.45. The fraction of sp³-hybridized carbons (Fsp3) is 0.533. The van der Waals surface area contributed by atoms with Crippen LogP contribution in [0.25, 0.3) is 0 Å². The number of nitrogens with zero attached hydrogens (tertiary/aromatic N) is 1. The number of hydrogen-bond donors (Lipinski definition) is 1. The Morgan fingerprint density at radius 3 is 3.05 bits per heavy atom. The first-order chi connectivity index (χ1) is 9.79. The predicted molar refractivity (Wildman–Crippen MR) is 74.6 cm³/mol. The second-order valence-corrected chi connectivity index (χ2v) is 5.34. The van der Waals surface area contributed by atoms with E-state index in [9.17, 15) is 4.79 Å². The molecule has 2 fully saturated rings. The van der Waals surface area contributed by atoms with Gasteiger partial charge in [0.25, 0.3) is 0 Å². The van der Waals surface area contributed by atoms with Gasteiger partial charge < -0.3 is 14.8 Å². The Hall–Kier alpha value is -1.75. The van der Waals surface area contributed by atoms with Crippen LogP contribution in [0.15, 0.2) is 24.3 Å². The van der Waals surface area contributed by atoms with Crippen molar-refractivity contribution in [2.45, 2.75) is 19.0 Å². The van der Waals surface area contributed by atoms with Crippen LogP contribution in [0, 0.1) is 5.92 Å². The van der Waals surface area contributed by atoms with Crippen molar-refractivity contribution >= 4 is 6.09 Å². The lowest BCUT2D eigenvalue weighted by molar-refractivity contribution is 0.154. The van der Waals surface area contributed by atoms with E-state index in [4.69, 9.17) is 9.47 Å². The van der Waals surface area contributed by atoms with E-state index < -0.39 is 0 Å². The molecule has 5 heteroatoms. The maximum atomic E-state index is 12.0. The van der Waals surface area contributed by atoms with E-state index in [0.717, 1.165) is 30.8 Å². The van der Waals surface area contributed by atoms with E-state index in [1.54, 1.807) is 7.11 Å². The van der Waals surface area contributed by atoms with E-state index in [1.807, 2.05) is 29.2 Å². The quantitative estimate of drug-likeness (QED) is 0.908. The van der Waals surface area contributed by atoms with E-state index in [0.29, 0.717) is 19.1 Å². The lowest BCUT2D eigenvalue weighted by atomic mass is 9.98. The molecule has 0 spiro atoms. The van der Waals surface area contributed by atoms with Gasteiger partial charge in [-0.2, -0.15) is 0 Å². The number of rotatable bonds is 4. The highest BCUT2D eigenvalue weighted by molar-refractivity contribution is 5.70. The maximum Gasteiger partial charge on any atom is 0.410 e. The molecule has 2 aliphatic heterocycles. The average molecular weight is 276 g/mol. The highest BCUT2D eigenvalue weighted by Crippen LogP contribution is 2.28. The van der Waals surface area contributed by atoms with Crippen molar-refractivity contribution in [3.8, 4) is 5.75 Å². The van der Waals surface area contributed by atoms with Gasteiger partial charge in [0.05, 0.1) is 19.7 Å². The van der Waals surface area contributed by atoms with Crippen molar-refractivity contribution in [2.24, 2.45) is 5.92 Å². The topological polar surface area (TPSA) is 50.8 Å². The van der Waals surface area contributed by atoms with Gasteiger partial charge in [0.15, 0.2) is 0 Å². The Balaban J connectivity index is 1.78. The summed E-state index contributed by atoms with van der Waals surface area (Å²) < 4.78 is 10.6. The molecule has 2 aliphatic rings. The molecule has 1 aromatic carbocycles. The molecule has 2 saturated heterocycles. The first-order valence-electron chi connectivity index (χ1n) is 7.05. The number of benzene rings is 1. The van der Waals surface area contributed by atoms with Crippen molar-refractivity contribution in [2.75, 3.05) is 26.8 Å². The number of cyclic esters (lactones) is 1. The van der Waals surface area contributed by atoms with Gasteiger partial charge in [0.1, 0.15) is 12.4 Å². The fourth-order valence-electron chi connectivity index (χ4n) is 3.06. The van der Waals surface area contributed by atoms with E-state index >= 15 is 0 Å². The zero-order valence-corrected chi connectivity index (χ0v) is 11.7. The highest BCUT2D eigenvalue weighted by Gasteiger charge is 2.39. The van der Waals surface area contributed by atoms with Crippen LogP contribution in [0.2, 0.25) is 0 Å². The minimum Gasteiger partial charge on any atom is -0.496 e. The van der Waals surface area contributed by atoms with Crippen LogP contribution in [-0.2, 0) is 11.3 Å². The molecule has 2 unspecified atom stereocenters.